The highest BCUT2D eigenvalue weighted by molar-refractivity contribution is 5.67. The first kappa shape index (κ1) is 12.4. The molecule has 2 aromatic carbocycles. The van der Waals surface area contributed by atoms with Crippen molar-refractivity contribution >= 4 is 0 Å². The van der Waals surface area contributed by atoms with Crippen molar-refractivity contribution in [2.75, 3.05) is 0 Å². The third kappa shape index (κ3) is 3.05. The van der Waals surface area contributed by atoms with Crippen LogP contribution in [0.25, 0.3) is 11.1 Å². The second-order valence-corrected chi connectivity index (χ2v) is 5.31. The van der Waals surface area contributed by atoms with E-state index in [1.54, 1.807) is 0 Å². The van der Waals surface area contributed by atoms with Crippen LogP contribution in [0.4, 0.5) is 0 Å². The zero-order valence-corrected chi connectivity index (χ0v) is 11.2. The number of hydrogen-bond acceptors (Lipinski definition) is 1. The van der Waals surface area contributed by atoms with Crippen LogP contribution >= 0.6 is 0 Å². The third-order valence-corrected chi connectivity index (χ3v) is 3.97. The summed E-state index contributed by atoms with van der Waals surface area (Å²) < 4.78 is 0. The van der Waals surface area contributed by atoms with Crippen LogP contribution in [0, 0.1) is 6.07 Å². The standard InChI is InChI=1S/C18H20N/c1-2-8-15(9-3-1)18-13-7-4-10-16(18)14-19-17-11-5-6-12-17/h1-3,7-10,13,17,19H,5-6,11-12,14H2. The van der Waals surface area contributed by atoms with Gasteiger partial charge < -0.3 is 5.32 Å². The fourth-order valence-electron chi connectivity index (χ4n) is 2.89. The highest BCUT2D eigenvalue weighted by Crippen LogP contribution is 2.24. The van der Waals surface area contributed by atoms with E-state index in [9.17, 15) is 0 Å². The van der Waals surface area contributed by atoms with Crippen molar-refractivity contribution in [3.8, 4) is 11.1 Å². The minimum Gasteiger partial charge on any atom is -0.310 e. The van der Waals surface area contributed by atoms with E-state index in [4.69, 9.17) is 0 Å². The van der Waals surface area contributed by atoms with Crippen molar-refractivity contribution in [3.63, 3.8) is 0 Å². The van der Waals surface area contributed by atoms with Gasteiger partial charge in [-0.3, -0.25) is 0 Å². The first-order chi connectivity index (χ1) is 9.43. The summed E-state index contributed by atoms with van der Waals surface area (Å²) in [6.45, 7) is 0.951. The van der Waals surface area contributed by atoms with Crippen LogP contribution in [-0.4, -0.2) is 6.04 Å². The fraction of sp³-hybridized carbons (Fsp3) is 0.333. The third-order valence-electron chi connectivity index (χ3n) is 3.97. The lowest BCUT2D eigenvalue weighted by atomic mass is 9.99. The van der Waals surface area contributed by atoms with Crippen LogP contribution in [-0.2, 0) is 6.54 Å². The molecule has 0 spiro atoms. The molecular weight excluding hydrogens is 230 g/mol. The molecule has 3 rings (SSSR count). The summed E-state index contributed by atoms with van der Waals surface area (Å²) in [5.41, 5.74) is 3.96. The smallest absolute Gasteiger partial charge is 0.0214 e. The Hall–Kier alpha value is -1.60. The van der Waals surface area contributed by atoms with E-state index < -0.39 is 0 Å². The maximum atomic E-state index is 3.69. The van der Waals surface area contributed by atoms with Crippen molar-refractivity contribution < 1.29 is 0 Å². The molecule has 1 radical (unpaired) electrons. The monoisotopic (exact) mass is 250 g/mol. The van der Waals surface area contributed by atoms with Gasteiger partial charge in [0.1, 0.15) is 0 Å². The second kappa shape index (κ2) is 6.03. The normalized spacial score (nSPS) is 15.8. The maximum absolute atomic E-state index is 3.69. The Bertz CT molecular complexity index is 512. The Labute approximate surface area is 115 Å². The summed E-state index contributed by atoms with van der Waals surface area (Å²) in [5, 5.41) is 3.69. The van der Waals surface area contributed by atoms with Crippen molar-refractivity contribution in [2.24, 2.45) is 0 Å². The van der Waals surface area contributed by atoms with Gasteiger partial charge in [0.2, 0.25) is 0 Å². The number of nitrogens with one attached hydrogen (secondary N) is 1. The number of hydrogen-bond donors (Lipinski definition) is 1. The van der Waals surface area contributed by atoms with Crippen LogP contribution < -0.4 is 5.32 Å². The average Bonchev–Trinajstić information content (AvgIpc) is 3.00. The van der Waals surface area contributed by atoms with Crippen LogP contribution in [0.1, 0.15) is 31.2 Å². The topological polar surface area (TPSA) is 12.0 Å². The van der Waals surface area contributed by atoms with Crippen molar-refractivity contribution in [1.29, 1.82) is 0 Å². The molecule has 0 aromatic heterocycles. The average molecular weight is 250 g/mol. The van der Waals surface area contributed by atoms with Gasteiger partial charge in [-0.1, -0.05) is 55.3 Å². The lowest BCUT2D eigenvalue weighted by molar-refractivity contribution is 0.524. The van der Waals surface area contributed by atoms with Crippen molar-refractivity contribution in [1.82, 2.24) is 5.32 Å². The van der Waals surface area contributed by atoms with Gasteiger partial charge in [0.25, 0.3) is 0 Å². The molecule has 1 saturated carbocycles. The second-order valence-electron chi connectivity index (χ2n) is 5.31. The molecule has 1 aliphatic carbocycles. The Morgan fingerprint density at radius 1 is 1.05 bits per heavy atom. The van der Waals surface area contributed by atoms with E-state index >= 15 is 0 Å². The molecule has 1 fully saturated rings. The summed E-state index contributed by atoms with van der Waals surface area (Å²) in [7, 11) is 0. The van der Waals surface area contributed by atoms with E-state index in [1.807, 2.05) is 6.07 Å². The maximum Gasteiger partial charge on any atom is 0.0214 e. The highest BCUT2D eigenvalue weighted by Gasteiger charge is 2.14. The zero-order valence-electron chi connectivity index (χ0n) is 11.2. The molecule has 0 saturated heterocycles. The SMILES string of the molecule is [c]1ccc(-c2ccccc2)c(CNC2CCCC2)c1. The molecule has 0 atom stereocenters. The Kier molecular flexibility index (Phi) is 3.95. The first-order valence-corrected chi connectivity index (χ1v) is 7.21. The quantitative estimate of drug-likeness (QED) is 0.858. The Morgan fingerprint density at radius 3 is 2.63 bits per heavy atom. The molecule has 2 aromatic rings. The van der Waals surface area contributed by atoms with E-state index in [0.717, 1.165) is 6.54 Å². The van der Waals surface area contributed by atoms with Gasteiger partial charge in [0, 0.05) is 12.6 Å². The molecule has 0 amide bonds. The van der Waals surface area contributed by atoms with Gasteiger partial charge in [-0.2, -0.15) is 0 Å². The zero-order chi connectivity index (χ0) is 12.9. The molecule has 1 nitrogen and oxygen atoms in total. The van der Waals surface area contributed by atoms with Gasteiger partial charge >= 0.3 is 0 Å². The predicted molar refractivity (Wildman–Crippen MR) is 79.8 cm³/mol. The van der Waals surface area contributed by atoms with Crippen LogP contribution in [0.5, 0.6) is 0 Å². The van der Waals surface area contributed by atoms with Gasteiger partial charge in [-0.15, -0.1) is 0 Å². The minimum absolute atomic E-state index is 0.712. The molecule has 1 heteroatoms. The Morgan fingerprint density at radius 2 is 1.84 bits per heavy atom. The van der Waals surface area contributed by atoms with Crippen LogP contribution in [0.15, 0.2) is 48.5 Å². The summed E-state index contributed by atoms with van der Waals surface area (Å²) in [6, 6.07) is 20.8. The van der Waals surface area contributed by atoms with Gasteiger partial charge in [0.05, 0.1) is 0 Å². The van der Waals surface area contributed by atoms with E-state index in [1.165, 1.54) is 42.4 Å². The molecule has 0 heterocycles. The highest BCUT2D eigenvalue weighted by atomic mass is 14.9. The van der Waals surface area contributed by atoms with Crippen molar-refractivity contribution in [3.05, 3.63) is 60.2 Å². The molecule has 19 heavy (non-hydrogen) atoms. The number of rotatable bonds is 4. The lowest BCUT2D eigenvalue weighted by Crippen LogP contribution is -2.25. The predicted octanol–water partition coefficient (Wildman–Crippen LogP) is 4.19. The molecule has 97 valence electrons. The lowest BCUT2D eigenvalue weighted by Gasteiger charge is -2.14. The first-order valence-electron chi connectivity index (χ1n) is 7.21. The number of benzene rings is 2. The van der Waals surface area contributed by atoms with Gasteiger partial charge in [0.15, 0.2) is 0 Å². The summed E-state index contributed by atoms with van der Waals surface area (Å²) in [4.78, 5) is 0. The van der Waals surface area contributed by atoms with E-state index in [-0.39, 0.29) is 0 Å². The van der Waals surface area contributed by atoms with E-state index in [2.05, 4.69) is 53.8 Å². The Balaban J connectivity index is 1.77. The molecule has 1 N–H and O–H groups in total. The molecule has 1 aliphatic rings. The summed E-state index contributed by atoms with van der Waals surface area (Å²) in [5.74, 6) is 0. The van der Waals surface area contributed by atoms with Crippen LogP contribution in [0.2, 0.25) is 0 Å². The van der Waals surface area contributed by atoms with Crippen LogP contribution in [0.3, 0.4) is 0 Å². The molecular formula is C18H20N. The molecule has 0 bridgehead atoms. The summed E-state index contributed by atoms with van der Waals surface area (Å²) in [6.07, 6.45) is 5.42. The molecule has 0 unspecified atom stereocenters. The minimum atomic E-state index is 0.712. The summed E-state index contributed by atoms with van der Waals surface area (Å²) >= 11 is 0. The van der Waals surface area contributed by atoms with E-state index in [0.29, 0.717) is 6.04 Å². The van der Waals surface area contributed by atoms with Gasteiger partial charge in [-0.25, -0.2) is 0 Å². The molecule has 0 aliphatic heterocycles. The largest absolute Gasteiger partial charge is 0.310 e. The fourth-order valence-corrected chi connectivity index (χ4v) is 2.89. The van der Waals surface area contributed by atoms with Crippen molar-refractivity contribution in [2.45, 2.75) is 38.3 Å². The van der Waals surface area contributed by atoms with Gasteiger partial charge in [-0.05, 0) is 41.7 Å².